The fourth-order valence-electron chi connectivity index (χ4n) is 2.56. The van der Waals surface area contributed by atoms with Crippen molar-refractivity contribution in [3.05, 3.63) is 46.6 Å². The van der Waals surface area contributed by atoms with Gasteiger partial charge < -0.3 is 14.6 Å². The van der Waals surface area contributed by atoms with Crippen LogP contribution in [0.2, 0.25) is 0 Å². The van der Waals surface area contributed by atoms with Crippen molar-refractivity contribution >= 4 is 46.3 Å². The third-order valence-corrected chi connectivity index (χ3v) is 5.42. The third-order valence-electron chi connectivity index (χ3n) is 4.04. The number of aryl methyl sites for hydroxylation is 1. The first-order chi connectivity index (χ1) is 12.8. The number of aliphatic carboxylic acids is 1. The van der Waals surface area contributed by atoms with Crippen molar-refractivity contribution in [1.82, 2.24) is 4.90 Å². The predicted molar refractivity (Wildman–Crippen MR) is 107 cm³/mol. The van der Waals surface area contributed by atoms with Gasteiger partial charge in [0.25, 0.3) is 5.91 Å². The number of benzene rings is 1. The van der Waals surface area contributed by atoms with E-state index in [1.165, 1.54) is 16.7 Å². The average molecular weight is 403 g/mol. The second-order valence-electron chi connectivity index (χ2n) is 6.03. The Bertz CT molecular complexity index is 947. The first-order valence-electron chi connectivity index (χ1n) is 8.22. The maximum Gasteiger partial charge on any atom is 0.303 e. The highest BCUT2D eigenvalue weighted by Crippen LogP contribution is 2.34. The summed E-state index contributed by atoms with van der Waals surface area (Å²) in [5.41, 5.74) is 1.51. The van der Waals surface area contributed by atoms with Gasteiger partial charge in [-0.15, -0.1) is 0 Å². The lowest BCUT2D eigenvalue weighted by atomic mass is 10.1. The Balaban J connectivity index is 1.74. The Labute approximate surface area is 165 Å². The Hall–Kier alpha value is -2.58. The van der Waals surface area contributed by atoms with Crippen LogP contribution in [0.25, 0.3) is 17.4 Å². The summed E-state index contributed by atoms with van der Waals surface area (Å²) in [7, 11) is 0. The minimum atomic E-state index is -0.902. The van der Waals surface area contributed by atoms with Crippen molar-refractivity contribution in [1.29, 1.82) is 0 Å². The minimum absolute atomic E-state index is 0.0129. The third kappa shape index (κ3) is 4.40. The fourth-order valence-corrected chi connectivity index (χ4v) is 3.85. The Morgan fingerprint density at radius 1 is 1.33 bits per heavy atom. The standard InChI is InChI=1S/C19H17NO5S2/c1-11-4-5-12(9-14(11)21)15-7-6-13(25-15)10-16-18(24)20(19(26)27-16)8-2-3-17(22)23/h4-7,9-10,21H,2-3,8H2,1H3,(H,22,23). The quantitative estimate of drug-likeness (QED) is 0.556. The van der Waals surface area contributed by atoms with Crippen LogP contribution in [-0.2, 0) is 9.59 Å². The number of carbonyl (C=O) groups excluding carboxylic acids is 1. The van der Waals surface area contributed by atoms with Crippen LogP contribution in [-0.4, -0.2) is 37.9 Å². The molecule has 1 aliphatic rings. The number of thiocarbonyl (C=S) groups is 1. The average Bonchev–Trinajstić information content (AvgIpc) is 3.17. The topological polar surface area (TPSA) is 91.0 Å². The second kappa shape index (κ2) is 7.98. The molecular formula is C19H17NO5S2. The van der Waals surface area contributed by atoms with Crippen molar-refractivity contribution in [2.24, 2.45) is 0 Å². The van der Waals surface area contributed by atoms with Crippen LogP contribution in [0.5, 0.6) is 5.75 Å². The number of hydrogen-bond acceptors (Lipinski definition) is 6. The molecule has 8 heteroatoms. The monoisotopic (exact) mass is 403 g/mol. The zero-order valence-corrected chi connectivity index (χ0v) is 16.1. The summed E-state index contributed by atoms with van der Waals surface area (Å²) in [6.45, 7) is 2.09. The number of carbonyl (C=O) groups is 2. The molecule has 0 saturated carbocycles. The highest BCUT2D eigenvalue weighted by Gasteiger charge is 2.31. The van der Waals surface area contributed by atoms with Crippen LogP contribution in [0.1, 0.15) is 24.2 Å². The molecule has 2 heterocycles. The molecule has 1 fully saturated rings. The molecule has 0 unspecified atom stereocenters. The van der Waals surface area contributed by atoms with E-state index in [2.05, 4.69) is 0 Å². The number of thioether (sulfide) groups is 1. The highest BCUT2D eigenvalue weighted by molar-refractivity contribution is 8.26. The van der Waals surface area contributed by atoms with E-state index in [1.807, 2.05) is 13.0 Å². The molecule has 140 valence electrons. The molecule has 1 saturated heterocycles. The number of carboxylic acids is 1. The molecule has 1 aromatic carbocycles. The zero-order valence-electron chi connectivity index (χ0n) is 14.5. The van der Waals surface area contributed by atoms with E-state index in [4.69, 9.17) is 21.7 Å². The molecule has 2 aromatic rings. The lowest BCUT2D eigenvalue weighted by Gasteiger charge is -2.13. The summed E-state index contributed by atoms with van der Waals surface area (Å²) in [4.78, 5) is 24.9. The van der Waals surface area contributed by atoms with E-state index in [0.29, 0.717) is 27.2 Å². The van der Waals surface area contributed by atoms with Crippen LogP contribution in [0.4, 0.5) is 0 Å². The van der Waals surface area contributed by atoms with Crippen molar-refractivity contribution in [2.75, 3.05) is 6.54 Å². The molecule has 1 amide bonds. The maximum absolute atomic E-state index is 12.5. The number of carboxylic acid groups (broad SMARTS) is 1. The fraction of sp³-hybridized carbons (Fsp3) is 0.211. The zero-order chi connectivity index (χ0) is 19.6. The van der Waals surface area contributed by atoms with Gasteiger partial charge in [-0.3, -0.25) is 14.5 Å². The lowest BCUT2D eigenvalue weighted by Crippen LogP contribution is -2.29. The summed E-state index contributed by atoms with van der Waals surface area (Å²) in [6.07, 6.45) is 1.95. The Morgan fingerprint density at radius 3 is 2.81 bits per heavy atom. The first-order valence-corrected chi connectivity index (χ1v) is 9.44. The van der Waals surface area contributed by atoms with Gasteiger partial charge in [0.1, 0.15) is 21.6 Å². The van der Waals surface area contributed by atoms with Gasteiger partial charge in [-0.2, -0.15) is 0 Å². The number of rotatable bonds is 6. The molecular weight excluding hydrogens is 386 g/mol. The number of hydrogen-bond donors (Lipinski definition) is 2. The van der Waals surface area contributed by atoms with Gasteiger partial charge in [0, 0.05) is 24.6 Å². The molecule has 3 rings (SSSR count). The smallest absolute Gasteiger partial charge is 0.303 e. The largest absolute Gasteiger partial charge is 0.508 e. The predicted octanol–water partition coefficient (Wildman–Crippen LogP) is 4.03. The van der Waals surface area contributed by atoms with E-state index in [-0.39, 0.29) is 24.6 Å². The summed E-state index contributed by atoms with van der Waals surface area (Å²) < 4.78 is 6.17. The summed E-state index contributed by atoms with van der Waals surface area (Å²) in [5, 5.41) is 18.6. The van der Waals surface area contributed by atoms with E-state index in [1.54, 1.807) is 30.3 Å². The molecule has 0 radical (unpaired) electrons. The second-order valence-corrected chi connectivity index (χ2v) is 7.71. The number of nitrogens with zero attached hydrogens (tertiary/aromatic N) is 1. The molecule has 6 nitrogen and oxygen atoms in total. The van der Waals surface area contributed by atoms with E-state index in [9.17, 15) is 14.7 Å². The van der Waals surface area contributed by atoms with Crippen molar-refractivity contribution in [2.45, 2.75) is 19.8 Å². The van der Waals surface area contributed by atoms with Crippen LogP contribution in [0.3, 0.4) is 0 Å². The normalized spacial score (nSPS) is 15.7. The highest BCUT2D eigenvalue weighted by atomic mass is 32.2. The summed E-state index contributed by atoms with van der Waals surface area (Å²) in [6, 6.07) is 8.78. The van der Waals surface area contributed by atoms with Crippen molar-refractivity contribution in [3.63, 3.8) is 0 Å². The summed E-state index contributed by atoms with van der Waals surface area (Å²) >= 11 is 6.39. The molecule has 0 aliphatic carbocycles. The van der Waals surface area contributed by atoms with Gasteiger partial charge in [0.05, 0.1) is 4.91 Å². The van der Waals surface area contributed by atoms with Crippen LogP contribution in [0.15, 0.2) is 39.7 Å². The van der Waals surface area contributed by atoms with Gasteiger partial charge in [0.2, 0.25) is 0 Å². The molecule has 0 bridgehead atoms. The van der Waals surface area contributed by atoms with E-state index < -0.39 is 5.97 Å². The molecule has 1 aliphatic heterocycles. The molecule has 27 heavy (non-hydrogen) atoms. The molecule has 0 spiro atoms. The molecule has 2 N–H and O–H groups in total. The number of phenols is 1. The molecule has 1 aromatic heterocycles. The molecule has 0 atom stereocenters. The Morgan fingerprint density at radius 2 is 2.11 bits per heavy atom. The number of aromatic hydroxyl groups is 1. The Kier molecular flexibility index (Phi) is 5.67. The minimum Gasteiger partial charge on any atom is -0.508 e. The number of furan rings is 1. The first kappa shape index (κ1) is 19.2. The van der Waals surface area contributed by atoms with Gasteiger partial charge in [-0.25, -0.2) is 0 Å². The maximum atomic E-state index is 12.5. The van der Waals surface area contributed by atoms with E-state index in [0.717, 1.165) is 11.1 Å². The number of phenolic OH excluding ortho intramolecular Hbond substituents is 1. The van der Waals surface area contributed by atoms with Crippen LogP contribution < -0.4 is 0 Å². The van der Waals surface area contributed by atoms with Crippen molar-refractivity contribution < 1.29 is 24.2 Å². The number of amides is 1. The van der Waals surface area contributed by atoms with Gasteiger partial charge in [0.15, 0.2) is 0 Å². The van der Waals surface area contributed by atoms with Gasteiger partial charge >= 0.3 is 5.97 Å². The van der Waals surface area contributed by atoms with Crippen LogP contribution in [0, 0.1) is 6.92 Å². The SMILES string of the molecule is Cc1ccc(-c2ccc(C=C3SC(=S)N(CCCC(=O)O)C3=O)o2)cc1O. The van der Waals surface area contributed by atoms with Crippen molar-refractivity contribution in [3.8, 4) is 17.1 Å². The van der Waals surface area contributed by atoms with Crippen LogP contribution >= 0.6 is 24.0 Å². The lowest BCUT2D eigenvalue weighted by molar-refractivity contribution is -0.137. The van der Waals surface area contributed by atoms with Gasteiger partial charge in [-0.05, 0) is 37.1 Å². The summed E-state index contributed by atoms with van der Waals surface area (Å²) in [5.74, 6) is 0.111. The van der Waals surface area contributed by atoms with E-state index >= 15 is 0 Å². The van der Waals surface area contributed by atoms with Gasteiger partial charge in [-0.1, -0.05) is 36.1 Å².